The molecule has 18 heavy (non-hydrogen) atoms. The topological polar surface area (TPSA) is 26.0 Å². The van der Waals surface area contributed by atoms with Gasteiger partial charge >= 0.3 is 0 Å². The lowest BCUT2D eigenvalue weighted by Crippen LogP contribution is -2.41. The Bertz CT molecular complexity index is 434. The van der Waals surface area contributed by atoms with Crippen LogP contribution in [-0.4, -0.2) is 11.3 Å². The Morgan fingerprint density at radius 3 is 2.78 bits per heavy atom. The van der Waals surface area contributed by atoms with Crippen molar-refractivity contribution in [3.63, 3.8) is 0 Å². The van der Waals surface area contributed by atoms with E-state index in [0.29, 0.717) is 4.90 Å². The first kappa shape index (κ1) is 13.8. The van der Waals surface area contributed by atoms with Crippen molar-refractivity contribution in [2.75, 3.05) is 0 Å². The normalized spacial score (nSPS) is 27.2. The number of hydrogen-bond donors (Lipinski definition) is 1. The zero-order valence-corrected chi connectivity index (χ0v) is 11.6. The minimum absolute atomic E-state index is 0.0608. The largest absolute Gasteiger partial charge is 0.327 e. The highest BCUT2D eigenvalue weighted by Crippen LogP contribution is 2.42. The van der Waals surface area contributed by atoms with E-state index in [-0.39, 0.29) is 22.5 Å². The number of hydrogen-bond acceptors (Lipinski definition) is 2. The van der Waals surface area contributed by atoms with Crippen molar-refractivity contribution in [2.24, 2.45) is 11.1 Å². The van der Waals surface area contributed by atoms with Crippen LogP contribution in [0.4, 0.5) is 8.78 Å². The zero-order valence-electron chi connectivity index (χ0n) is 10.7. The van der Waals surface area contributed by atoms with Crippen LogP contribution in [0.2, 0.25) is 0 Å². The maximum atomic E-state index is 13.6. The Labute approximate surface area is 111 Å². The Kier molecular flexibility index (Phi) is 3.97. The van der Waals surface area contributed by atoms with Crippen molar-refractivity contribution in [3.8, 4) is 0 Å². The van der Waals surface area contributed by atoms with Gasteiger partial charge in [-0.05, 0) is 42.9 Å². The van der Waals surface area contributed by atoms with Gasteiger partial charge in [0.05, 0.1) is 0 Å². The van der Waals surface area contributed by atoms with E-state index < -0.39 is 5.82 Å². The molecule has 4 heteroatoms. The minimum Gasteiger partial charge on any atom is -0.327 e. The van der Waals surface area contributed by atoms with Gasteiger partial charge in [0.15, 0.2) is 0 Å². The summed E-state index contributed by atoms with van der Waals surface area (Å²) in [5.41, 5.74) is 6.33. The van der Waals surface area contributed by atoms with Crippen LogP contribution >= 0.6 is 11.8 Å². The summed E-state index contributed by atoms with van der Waals surface area (Å²) in [4.78, 5) is 0.369. The molecule has 1 aromatic rings. The van der Waals surface area contributed by atoms with E-state index >= 15 is 0 Å². The van der Waals surface area contributed by atoms with Crippen LogP contribution in [0.3, 0.4) is 0 Å². The molecule has 0 saturated heterocycles. The quantitative estimate of drug-likeness (QED) is 0.881. The molecule has 2 unspecified atom stereocenters. The molecule has 0 aromatic heterocycles. The molecule has 0 bridgehead atoms. The summed E-state index contributed by atoms with van der Waals surface area (Å²) in [7, 11) is 0. The second-order valence-corrected chi connectivity index (χ2v) is 7.08. The van der Waals surface area contributed by atoms with E-state index in [1.165, 1.54) is 23.9 Å². The highest BCUT2D eigenvalue weighted by Gasteiger charge is 2.34. The van der Waals surface area contributed by atoms with Crippen molar-refractivity contribution in [3.05, 3.63) is 29.8 Å². The molecule has 1 nitrogen and oxygen atoms in total. The van der Waals surface area contributed by atoms with E-state index in [2.05, 4.69) is 13.8 Å². The number of nitrogens with two attached hydrogens (primary N) is 1. The molecule has 0 spiro atoms. The number of halogens is 2. The van der Waals surface area contributed by atoms with Crippen LogP contribution < -0.4 is 5.73 Å². The maximum Gasteiger partial charge on any atom is 0.136 e. The molecule has 2 N–H and O–H groups in total. The SMILES string of the molecule is CC1(C)CCC(N)C(Sc2cc(F)ccc2F)C1. The Morgan fingerprint density at radius 2 is 2.06 bits per heavy atom. The van der Waals surface area contributed by atoms with Crippen LogP contribution in [-0.2, 0) is 0 Å². The third-order valence-electron chi connectivity index (χ3n) is 3.56. The molecule has 2 rings (SSSR count). The van der Waals surface area contributed by atoms with Gasteiger partial charge in [0.25, 0.3) is 0 Å². The van der Waals surface area contributed by atoms with E-state index in [9.17, 15) is 8.78 Å². The highest BCUT2D eigenvalue weighted by molar-refractivity contribution is 8.00. The van der Waals surface area contributed by atoms with Crippen molar-refractivity contribution in [2.45, 2.75) is 49.3 Å². The van der Waals surface area contributed by atoms with Crippen molar-refractivity contribution < 1.29 is 8.78 Å². The Hall–Kier alpha value is -0.610. The lowest BCUT2D eigenvalue weighted by atomic mass is 9.75. The predicted octanol–water partition coefficient (Wildman–Crippen LogP) is 3.96. The number of thioether (sulfide) groups is 1. The van der Waals surface area contributed by atoms with Gasteiger partial charge in [0, 0.05) is 16.2 Å². The van der Waals surface area contributed by atoms with Crippen molar-refractivity contribution >= 4 is 11.8 Å². The summed E-state index contributed by atoms with van der Waals surface area (Å²) in [6.45, 7) is 4.41. The molecular weight excluding hydrogens is 252 g/mol. The van der Waals surface area contributed by atoms with Crippen LogP contribution in [0.1, 0.15) is 33.1 Å². The minimum atomic E-state index is -0.400. The zero-order chi connectivity index (χ0) is 13.3. The van der Waals surface area contributed by atoms with E-state index in [4.69, 9.17) is 5.73 Å². The van der Waals surface area contributed by atoms with Gasteiger partial charge in [-0.3, -0.25) is 0 Å². The average molecular weight is 271 g/mol. The number of rotatable bonds is 2. The lowest BCUT2D eigenvalue weighted by molar-refractivity contribution is 0.232. The molecule has 100 valence electrons. The maximum absolute atomic E-state index is 13.6. The van der Waals surface area contributed by atoms with Crippen molar-refractivity contribution in [1.29, 1.82) is 0 Å². The van der Waals surface area contributed by atoms with Crippen LogP contribution in [0, 0.1) is 17.0 Å². The first-order valence-electron chi connectivity index (χ1n) is 6.25. The molecule has 1 aromatic carbocycles. The van der Waals surface area contributed by atoms with Gasteiger partial charge in [0.2, 0.25) is 0 Å². The van der Waals surface area contributed by atoms with Gasteiger partial charge in [-0.15, -0.1) is 11.8 Å². The molecular formula is C14H19F2NS. The molecule has 0 amide bonds. The molecule has 2 atom stereocenters. The van der Waals surface area contributed by atoms with Crippen LogP contribution in [0.15, 0.2) is 23.1 Å². The second-order valence-electron chi connectivity index (χ2n) is 5.80. The van der Waals surface area contributed by atoms with Gasteiger partial charge in [-0.2, -0.15) is 0 Å². The summed E-state index contributed by atoms with van der Waals surface area (Å²) in [6, 6.07) is 3.64. The van der Waals surface area contributed by atoms with E-state index in [1.807, 2.05) is 0 Å². The first-order chi connectivity index (χ1) is 8.37. The van der Waals surface area contributed by atoms with Crippen LogP contribution in [0.25, 0.3) is 0 Å². The first-order valence-corrected chi connectivity index (χ1v) is 7.13. The highest BCUT2D eigenvalue weighted by atomic mass is 32.2. The third-order valence-corrected chi connectivity index (χ3v) is 4.94. The fourth-order valence-corrected chi connectivity index (χ4v) is 3.93. The third kappa shape index (κ3) is 3.23. The lowest BCUT2D eigenvalue weighted by Gasteiger charge is -2.38. The molecule has 1 saturated carbocycles. The molecule has 0 aliphatic heterocycles. The number of benzene rings is 1. The predicted molar refractivity (Wildman–Crippen MR) is 71.6 cm³/mol. The average Bonchev–Trinajstić information content (AvgIpc) is 2.28. The van der Waals surface area contributed by atoms with Crippen molar-refractivity contribution in [1.82, 2.24) is 0 Å². The van der Waals surface area contributed by atoms with E-state index in [1.54, 1.807) is 0 Å². The van der Waals surface area contributed by atoms with Gasteiger partial charge in [-0.25, -0.2) is 8.78 Å². The monoisotopic (exact) mass is 271 g/mol. The van der Waals surface area contributed by atoms with Crippen LogP contribution in [0.5, 0.6) is 0 Å². The van der Waals surface area contributed by atoms with Gasteiger partial charge in [0.1, 0.15) is 11.6 Å². The molecule has 0 heterocycles. The van der Waals surface area contributed by atoms with Gasteiger partial charge in [-0.1, -0.05) is 13.8 Å². The summed E-state index contributed by atoms with van der Waals surface area (Å²) in [5, 5.41) is 0.157. The van der Waals surface area contributed by atoms with Gasteiger partial charge < -0.3 is 5.73 Å². The molecule has 1 fully saturated rings. The molecule has 1 aliphatic rings. The second kappa shape index (κ2) is 5.17. The summed E-state index contributed by atoms with van der Waals surface area (Å²) >= 11 is 1.38. The Morgan fingerprint density at radius 1 is 1.33 bits per heavy atom. The molecule has 1 aliphatic carbocycles. The Balaban J connectivity index is 2.14. The molecule has 0 radical (unpaired) electrons. The summed E-state index contributed by atoms with van der Waals surface area (Å²) < 4.78 is 26.8. The smallest absolute Gasteiger partial charge is 0.136 e. The fraction of sp³-hybridized carbons (Fsp3) is 0.571. The standard InChI is InChI=1S/C14H19F2NS/c1-14(2)6-5-11(17)13(8-14)18-12-7-9(15)3-4-10(12)16/h3-4,7,11,13H,5-6,8,17H2,1-2H3. The summed E-state index contributed by atoms with van der Waals surface area (Å²) in [6.07, 6.45) is 2.98. The fourth-order valence-electron chi connectivity index (χ4n) is 2.40. The van der Waals surface area contributed by atoms with E-state index in [0.717, 1.165) is 25.3 Å². The summed E-state index contributed by atoms with van der Waals surface area (Å²) in [5.74, 6) is -0.764.